The fourth-order valence-corrected chi connectivity index (χ4v) is 2.04. The molecule has 1 aromatic carbocycles. The molecule has 1 rings (SSSR count). The van der Waals surface area contributed by atoms with Crippen molar-refractivity contribution in [1.82, 2.24) is 5.32 Å². The fraction of sp³-hybridized carbons (Fsp3) is 0.462. The zero-order chi connectivity index (χ0) is 14.4. The molecule has 106 valence electrons. The highest BCUT2D eigenvalue weighted by Gasteiger charge is 2.08. The van der Waals surface area contributed by atoms with E-state index in [4.69, 9.17) is 5.73 Å². The first-order valence-electron chi connectivity index (χ1n) is 6.13. The third-order valence-corrected chi connectivity index (χ3v) is 4.34. The summed E-state index contributed by atoms with van der Waals surface area (Å²) in [6.45, 7) is 2.65. The summed E-state index contributed by atoms with van der Waals surface area (Å²) in [5.41, 5.74) is 7.75. The highest BCUT2D eigenvalue weighted by molar-refractivity contribution is 7.84. The van der Waals surface area contributed by atoms with Gasteiger partial charge in [-0.05, 0) is 24.6 Å². The molecule has 0 saturated carbocycles. The first-order chi connectivity index (χ1) is 8.95. The Bertz CT molecular complexity index is 477. The van der Waals surface area contributed by atoms with Crippen LogP contribution in [0.1, 0.15) is 23.7 Å². The Kier molecular flexibility index (Phi) is 5.82. The standard InChI is InChI=1S/C13H21N3O2S/c1-9(19(3)18)6-7-16-12-5-4-10(8-11(12)14)13(17)15-2/h4-5,8-9,16H,6-7,14H2,1-3H3,(H,15,17). The smallest absolute Gasteiger partial charge is 0.251 e. The zero-order valence-corrected chi connectivity index (χ0v) is 12.3. The molecule has 0 aliphatic carbocycles. The highest BCUT2D eigenvalue weighted by atomic mass is 32.2. The molecule has 6 heteroatoms. The van der Waals surface area contributed by atoms with Gasteiger partial charge in [-0.15, -0.1) is 0 Å². The molecule has 0 saturated heterocycles. The SMILES string of the molecule is CNC(=O)c1ccc(NCCC(C)S(C)=O)c(N)c1. The van der Waals surface area contributed by atoms with Gasteiger partial charge in [0, 0.05) is 41.5 Å². The molecule has 0 bridgehead atoms. The van der Waals surface area contributed by atoms with Crippen LogP contribution in [-0.4, -0.2) is 35.2 Å². The minimum Gasteiger partial charge on any atom is -0.397 e. The van der Waals surface area contributed by atoms with Crippen molar-refractivity contribution in [2.24, 2.45) is 0 Å². The summed E-state index contributed by atoms with van der Waals surface area (Å²) in [5.74, 6) is -0.159. The summed E-state index contributed by atoms with van der Waals surface area (Å²) in [5, 5.41) is 5.89. The van der Waals surface area contributed by atoms with E-state index in [-0.39, 0.29) is 11.2 Å². The lowest BCUT2D eigenvalue weighted by Crippen LogP contribution is -2.18. The van der Waals surface area contributed by atoms with Crippen molar-refractivity contribution in [3.05, 3.63) is 23.8 Å². The van der Waals surface area contributed by atoms with Crippen LogP contribution in [0.2, 0.25) is 0 Å². The van der Waals surface area contributed by atoms with Crippen LogP contribution in [-0.2, 0) is 10.8 Å². The molecule has 2 unspecified atom stereocenters. The van der Waals surface area contributed by atoms with Crippen molar-refractivity contribution in [1.29, 1.82) is 0 Å². The van der Waals surface area contributed by atoms with Gasteiger partial charge >= 0.3 is 0 Å². The second kappa shape index (κ2) is 7.13. The van der Waals surface area contributed by atoms with Gasteiger partial charge in [-0.25, -0.2) is 0 Å². The Labute approximate surface area is 116 Å². The number of nitrogens with one attached hydrogen (secondary N) is 2. The average Bonchev–Trinajstić information content (AvgIpc) is 2.39. The van der Waals surface area contributed by atoms with Crippen LogP contribution in [0, 0.1) is 0 Å². The number of carbonyl (C=O) groups is 1. The number of hydrogen-bond acceptors (Lipinski definition) is 4. The van der Waals surface area contributed by atoms with Gasteiger partial charge in [0.15, 0.2) is 0 Å². The van der Waals surface area contributed by atoms with Crippen LogP contribution < -0.4 is 16.4 Å². The highest BCUT2D eigenvalue weighted by Crippen LogP contribution is 2.20. The van der Waals surface area contributed by atoms with Crippen molar-refractivity contribution >= 4 is 28.1 Å². The van der Waals surface area contributed by atoms with Crippen LogP contribution in [0.15, 0.2) is 18.2 Å². The van der Waals surface area contributed by atoms with E-state index >= 15 is 0 Å². The van der Waals surface area contributed by atoms with Crippen molar-refractivity contribution in [3.63, 3.8) is 0 Å². The lowest BCUT2D eigenvalue weighted by atomic mass is 10.1. The molecule has 0 fully saturated rings. The number of hydrogen-bond donors (Lipinski definition) is 3. The van der Waals surface area contributed by atoms with E-state index in [2.05, 4.69) is 10.6 Å². The molecule has 5 nitrogen and oxygen atoms in total. The van der Waals surface area contributed by atoms with E-state index in [1.54, 1.807) is 31.5 Å². The first kappa shape index (κ1) is 15.5. The monoisotopic (exact) mass is 283 g/mol. The molecule has 0 radical (unpaired) electrons. The molecule has 2 atom stereocenters. The summed E-state index contributed by atoms with van der Waals surface area (Å²) in [6.07, 6.45) is 2.51. The van der Waals surface area contributed by atoms with Gasteiger partial charge in [-0.2, -0.15) is 0 Å². The maximum Gasteiger partial charge on any atom is 0.251 e. The van der Waals surface area contributed by atoms with Gasteiger partial charge in [0.05, 0.1) is 11.4 Å². The molecule has 0 aliphatic rings. The van der Waals surface area contributed by atoms with Gasteiger partial charge in [-0.1, -0.05) is 6.92 Å². The maximum atomic E-state index is 11.4. The van der Waals surface area contributed by atoms with Crippen molar-refractivity contribution < 1.29 is 9.00 Å². The van der Waals surface area contributed by atoms with E-state index in [1.807, 2.05) is 6.92 Å². The molecule has 0 heterocycles. The van der Waals surface area contributed by atoms with Crippen LogP contribution in [0.25, 0.3) is 0 Å². The summed E-state index contributed by atoms with van der Waals surface area (Å²) < 4.78 is 11.2. The number of benzene rings is 1. The average molecular weight is 283 g/mol. The van der Waals surface area contributed by atoms with E-state index in [0.29, 0.717) is 17.8 Å². The molecular weight excluding hydrogens is 262 g/mol. The second-order valence-corrected chi connectivity index (χ2v) is 6.21. The second-order valence-electron chi connectivity index (χ2n) is 4.41. The van der Waals surface area contributed by atoms with Crippen LogP contribution in [0.4, 0.5) is 11.4 Å². The predicted octanol–water partition coefficient (Wildman–Crippen LogP) is 1.20. The van der Waals surface area contributed by atoms with Crippen molar-refractivity contribution in [3.8, 4) is 0 Å². The third kappa shape index (κ3) is 4.55. The van der Waals surface area contributed by atoms with Gasteiger partial charge in [0.2, 0.25) is 0 Å². The lowest BCUT2D eigenvalue weighted by molar-refractivity contribution is 0.0963. The summed E-state index contributed by atoms with van der Waals surface area (Å²) in [6, 6.07) is 5.15. The van der Waals surface area contributed by atoms with Crippen LogP contribution in [0.3, 0.4) is 0 Å². The Morgan fingerprint density at radius 1 is 1.47 bits per heavy atom. The minimum absolute atomic E-state index is 0.152. The predicted molar refractivity (Wildman–Crippen MR) is 80.9 cm³/mol. The van der Waals surface area contributed by atoms with Gasteiger partial charge < -0.3 is 16.4 Å². The largest absolute Gasteiger partial charge is 0.397 e. The number of rotatable bonds is 6. The molecule has 1 aromatic rings. The maximum absolute atomic E-state index is 11.4. The summed E-state index contributed by atoms with van der Waals surface area (Å²) in [4.78, 5) is 11.4. The number of nitrogens with two attached hydrogens (primary N) is 1. The quantitative estimate of drug-likeness (QED) is 0.685. The number of carbonyl (C=O) groups excluding carboxylic acids is 1. The first-order valence-corrected chi connectivity index (χ1v) is 7.75. The van der Waals surface area contributed by atoms with Crippen LogP contribution >= 0.6 is 0 Å². The number of amides is 1. The van der Waals surface area contributed by atoms with Crippen molar-refractivity contribution in [2.45, 2.75) is 18.6 Å². The van der Waals surface area contributed by atoms with Gasteiger partial charge in [0.1, 0.15) is 0 Å². The minimum atomic E-state index is -0.809. The summed E-state index contributed by atoms with van der Waals surface area (Å²) >= 11 is 0. The number of anilines is 2. The number of nitrogen functional groups attached to an aromatic ring is 1. The molecule has 4 N–H and O–H groups in total. The topological polar surface area (TPSA) is 84.2 Å². The van der Waals surface area contributed by atoms with Crippen LogP contribution in [0.5, 0.6) is 0 Å². The Balaban J connectivity index is 2.60. The Hall–Kier alpha value is -1.56. The van der Waals surface area contributed by atoms with E-state index in [9.17, 15) is 9.00 Å². The van der Waals surface area contributed by atoms with Gasteiger partial charge in [0.25, 0.3) is 5.91 Å². The molecular formula is C13H21N3O2S. The fourth-order valence-electron chi connectivity index (χ4n) is 1.59. The van der Waals surface area contributed by atoms with Crippen molar-refractivity contribution in [2.75, 3.05) is 30.9 Å². The normalized spacial score (nSPS) is 13.6. The molecule has 0 spiro atoms. The van der Waals surface area contributed by atoms with E-state index in [1.165, 1.54) is 0 Å². The molecule has 0 aliphatic heterocycles. The molecule has 19 heavy (non-hydrogen) atoms. The molecule has 0 aromatic heterocycles. The third-order valence-electron chi connectivity index (χ3n) is 2.97. The van der Waals surface area contributed by atoms with E-state index < -0.39 is 10.8 Å². The zero-order valence-electron chi connectivity index (χ0n) is 11.5. The van der Waals surface area contributed by atoms with Gasteiger partial charge in [-0.3, -0.25) is 9.00 Å². The lowest BCUT2D eigenvalue weighted by Gasteiger charge is -2.12. The summed E-state index contributed by atoms with van der Waals surface area (Å²) in [7, 11) is 0.771. The Morgan fingerprint density at radius 2 is 2.16 bits per heavy atom. The Morgan fingerprint density at radius 3 is 2.68 bits per heavy atom. The molecule has 1 amide bonds. The van der Waals surface area contributed by atoms with E-state index in [0.717, 1.165) is 12.1 Å².